The molecule has 160 valence electrons. The molecule has 8 heteroatoms. The maximum Gasteiger partial charge on any atom is 0.336 e. The van der Waals surface area contributed by atoms with Gasteiger partial charge < -0.3 is 14.6 Å². The van der Waals surface area contributed by atoms with Gasteiger partial charge in [0.05, 0.1) is 17.0 Å². The van der Waals surface area contributed by atoms with Crippen molar-refractivity contribution in [2.75, 3.05) is 20.1 Å². The summed E-state index contributed by atoms with van der Waals surface area (Å²) >= 11 is 0. The molecule has 0 N–H and O–H groups in total. The van der Waals surface area contributed by atoms with Crippen LogP contribution >= 0.6 is 0 Å². The normalized spacial score (nSPS) is 16.3. The van der Waals surface area contributed by atoms with Gasteiger partial charge >= 0.3 is 12.0 Å². The number of imide groups is 1. The van der Waals surface area contributed by atoms with Crippen molar-refractivity contribution in [1.82, 2.24) is 14.9 Å². The number of hydroxylamine groups is 2. The summed E-state index contributed by atoms with van der Waals surface area (Å²) in [6.45, 7) is 1.31. The zero-order valence-electron chi connectivity index (χ0n) is 17.2. The summed E-state index contributed by atoms with van der Waals surface area (Å²) < 4.78 is 0. The summed E-state index contributed by atoms with van der Waals surface area (Å²) in [5, 5.41) is 0.540. The lowest BCUT2D eigenvalue weighted by molar-refractivity contribution is -0.175. The molecule has 4 amide bonds. The van der Waals surface area contributed by atoms with Crippen LogP contribution in [0.15, 0.2) is 54.6 Å². The Kier molecular flexibility index (Phi) is 5.70. The predicted octanol–water partition coefficient (Wildman–Crippen LogP) is 2.70. The molecule has 0 aromatic heterocycles. The number of benzene rings is 2. The molecule has 1 fully saturated rings. The smallest absolute Gasteiger partial charge is 0.329 e. The van der Waals surface area contributed by atoms with Crippen LogP contribution in [0.4, 0.5) is 4.79 Å². The maximum absolute atomic E-state index is 12.7. The second-order valence-electron chi connectivity index (χ2n) is 7.75. The molecule has 0 spiro atoms. The minimum absolute atomic E-state index is 0.101. The van der Waals surface area contributed by atoms with E-state index in [-0.39, 0.29) is 17.2 Å². The van der Waals surface area contributed by atoms with Crippen molar-refractivity contribution < 1.29 is 24.0 Å². The third kappa shape index (κ3) is 4.14. The number of fused-ring (bicyclic) bond motifs is 1. The quantitative estimate of drug-likeness (QED) is 0.709. The Bertz CT molecular complexity index is 980. The van der Waals surface area contributed by atoms with Crippen LogP contribution in [0.25, 0.3) is 0 Å². The molecule has 31 heavy (non-hydrogen) atoms. The fourth-order valence-corrected chi connectivity index (χ4v) is 3.89. The number of hydrogen-bond donors (Lipinski definition) is 0. The third-order valence-electron chi connectivity index (χ3n) is 5.63. The summed E-state index contributed by atoms with van der Waals surface area (Å²) in [5.41, 5.74) is 1.49. The molecule has 2 heterocycles. The molecule has 0 bridgehead atoms. The number of piperidine rings is 1. The Morgan fingerprint density at radius 1 is 0.935 bits per heavy atom. The number of carbonyl (C=O) groups is 4. The molecule has 0 saturated carbocycles. The summed E-state index contributed by atoms with van der Waals surface area (Å²) in [7, 11) is 1.75. The molecular weight excluding hydrogens is 398 g/mol. The monoisotopic (exact) mass is 421 g/mol. The topological polar surface area (TPSA) is 87.2 Å². The van der Waals surface area contributed by atoms with Crippen molar-refractivity contribution in [2.45, 2.75) is 19.4 Å². The van der Waals surface area contributed by atoms with Crippen LogP contribution in [0.1, 0.15) is 39.1 Å². The first-order valence-electron chi connectivity index (χ1n) is 10.2. The molecule has 0 radical (unpaired) electrons. The predicted molar refractivity (Wildman–Crippen MR) is 111 cm³/mol. The van der Waals surface area contributed by atoms with E-state index < -0.39 is 23.7 Å². The average molecular weight is 421 g/mol. The fraction of sp³-hybridized carbons (Fsp3) is 0.304. The van der Waals surface area contributed by atoms with Gasteiger partial charge in [-0.2, -0.15) is 0 Å². The highest BCUT2D eigenvalue weighted by molar-refractivity contribution is 6.20. The molecule has 0 aliphatic carbocycles. The highest BCUT2D eigenvalue weighted by Gasteiger charge is 2.40. The molecule has 4 rings (SSSR count). The van der Waals surface area contributed by atoms with E-state index in [9.17, 15) is 19.2 Å². The van der Waals surface area contributed by atoms with Crippen molar-refractivity contribution >= 4 is 23.8 Å². The molecule has 8 nitrogen and oxygen atoms in total. The van der Waals surface area contributed by atoms with Gasteiger partial charge in [-0.15, -0.1) is 0 Å². The number of likely N-dealkylation sites (tertiary alicyclic amines) is 1. The van der Waals surface area contributed by atoms with Crippen LogP contribution in [0.2, 0.25) is 0 Å². The zero-order chi connectivity index (χ0) is 22.0. The molecule has 2 aromatic rings. The van der Waals surface area contributed by atoms with Crippen LogP contribution in [-0.4, -0.2) is 58.8 Å². The first kappa shape index (κ1) is 20.6. The summed E-state index contributed by atoms with van der Waals surface area (Å²) in [5.74, 6) is -2.37. The standard InChI is InChI=1S/C23H23N3O5/c1-24(15-16-7-3-2-4-8-16)23(30)25-13-11-17(12-14-25)22(29)31-26-20(27)18-9-5-6-10-19(18)21(26)28/h2-10,17H,11-15H2,1H3. The van der Waals surface area contributed by atoms with Crippen molar-refractivity contribution in [2.24, 2.45) is 5.92 Å². The van der Waals surface area contributed by atoms with Crippen molar-refractivity contribution in [3.63, 3.8) is 0 Å². The minimum atomic E-state index is -0.635. The molecule has 0 unspecified atom stereocenters. The van der Waals surface area contributed by atoms with Gasteiger partial charge in [0, 0.05) is 26.7 Å². The van der Waals surface area contributed by atoms with Crippen LogP contribution in [0.3, 0.4) is 0 Å². The van der Waals surface area contributed by atoms with E-state index in [0.717, 1.165) is 5.56 Å². The van der Waals surface area contributed by atoms with Crippen LogP contribution in [0.5, 0.6) is 0 Å². The number of urea groups is 1. The number of carbonyl (C=O) groups excluding carboxylic acids is 4. The summed E-state index contributed by atoms with van der Waals surface area (Å²) in [6.07, 6.45) is 0.819. The van der Waals surface area contributed by atoms with Crippen LogP contribution < -0.4 is 0 Å². The number of hydrogen-bond acceptors (Lipinski definition) is 5. The Hall–Kier alpha value is -3.68. The summed E-state index contributed by atoms with van der Waals surface area (Å²) in [4.78, 5) is 58.5. The average Bonchev–Trinajstić information content (AvgIpc) is 3.04. The molecule has 0 atom stereocenters. The number of amides is 4. The van der Waals surface area contributed by atoms with Gasteiger partial charge in [0.1, 0.15) is 0 Å². The van der Waals surface area contributed by atoms with Gasteiger partial charge in [-0.25, -0.2) is 9.59 Å². The Labute approximate surface area is 179 Å². The van der Waals surface area contributed by atoms with E-state index in [0.29, 0.717) is 37.5 Å². The highest BCUT2D eigenvalue weighted by atomic mass is 16.7. The largest absolute Gasteiger partial charge is 0.336 e. The minimum Gasteiger partial charge on any atom is -0.329 e. The van der Waals surface area contributed by atoms with Crippen LogP contribution in [-0.2, 0) is 16.2 Å². The van der Waals surface area contributed by atoms with E-state index in [1.807, 2.05) is 30.3 Å². The molecule has 1 saturated heterocycles. The lowest BCUT2D eigenvalue weighted by atomic mass is 9.97. The lowest BCUT2D eigenvalue weighted by Crippen LogP contribution is -2.46. The Morgan fingerprint density at radius 2 is 1.48 bits per heavy atom. The molecular formula is C23H23N3O5. The molecule has 2 aromatic carbocycles. The molecule has 2 aliphatic rings. The third-order valence-corrected chi connectivity index (χ3v) is 5.63. The second-order valence-corrected chi connectivity index (χ2v) is 7.75. The fourth-order valence-electron chi connectivity index (χ4n) is 3.89. The highest BCUT2D eigenvalue weighted by Crippen LogP contribution is 2.25. The zero-order valence-corrected chi connectivity index (χ0v) is 17.2. The van der Waals surface area contributed by atoms with E-state index in [1.165, 1.54) is 12.1 Å². The van der Waals surface area contributed by atoms with Gasteiger partial charge in [0.15, 0.2) is 0 Å². The first-order chi connectivity index (χ1) is 15.0. The van der Waals surface area contributed by atoms with Crippen molar-refractivity contribution in [3.8, 4) is 0 Å². The van der Waals surface area contributed by atoms with E-state index >= 15 is 0 Å². The SMILES string of the molecule is CN(Cc1ccccc1)C(=O)N1CCC(C(=O)ON2C(=O)c3ccccc3C2=O)CC1. The second kappa shape index (κ2) is 8.59. The molecule has 2 aliphatic heterocycles. The van der Waals surface area contributed by atoms with Crippen molar-refractivity contribution in [1.29, 1.82) is 0 Å². The summed E-state index contributed by atoms with van der Waals surface area (Å²) in [6, 6.07) is 16.0. The van der Waals surface area contributed by atoms with Gasteiger partial charge in [-0.3, -0.25) is 9.59 Å². The van der Waals surface area contributed by atoms with Crippen molar-refractivity contribution in [3.05, 3.63) is 71.3 Å². The van der Waals surface area contributed by atoms with E-state index in [1.54, 1.807) is 29.0 Å². The van der Waals surface area contributed by atoms with Gasteiger partial charge in [0.2, 0.25) is 0 Å². The van der Waals surface area contributed by atoms with E-state index in [2.05, 4.69) is 0 Å². The number of rotatable bonds is 4. The Balaban J connectivity index is 1.30. The van der Waals surface area contributed by atoms with Gasteiger partial charge in [-0.1, -0.05) is 47.5 Å². The number of nitrogens with zero attached hydrogens (tertiary/aromatic N) is 3. The van der Waals surface area contributed by atoms with Gasteiger partial charge in [0.25, 0.3) is 11.8 Å². The first-order valence-corrected chi connectivity index (χ1v) is 10.2. The Morgan fingerprint density at radius 3 is 2.06 bits per heavy atom. The lowest BCUT2D eigenvalue weighted by Gasteiger charge is -2.34. The van der Waals surface area contributed by atoms with E-state index in [4.69, 9.17) is 4.84 Å². The van der Waals surface area contributed by atoms with Gasteiger partial charge in [-0.05, 0) is 30.5 Å². The van der Waals surface area contributed by atoms with Crippen LogP contribution in [0, 0.1) is 5.92 Å². The maximum atomic E-state index is 12.7.